The first-order chi connectivity index (χ1) is 10.7. The zero-order valence-corrected chi connectivity index (χ0v) is 16.3. The molecule has 0 bridgehead atoms. The number of hydrogen-bond donors (Lipinski definition) is 2. The Balaban J connectivity index is 0.00000264. The van der Waals surface area contributed by atoms with Gasteiger partial charge in [-0.3, -0.25) is 9.69 Å². The summed E-state index contributed by atoms with van der Waals surface area (Å²) in [5.74, 6) is 0.199. The standard InChI is InChI=1S/C18H29N3O.2ClH/c1-15(16-7-4-3-5-8-16)21-13-10-17(11-14-21)20-18(22)9-6-12-19-2;;/h3-5,7-8,15,17,19H,6,9-14H2,1-2H3,(H,20,22);2*1H. The van der Waals surface area contributed by atoms with Crippen molar-refractivity contribution in [1.29, 1.82) is 0 Å². The summed E-state index contributed by atoms with van der Waals surface area (Å²) in [5.41, 5.74) is 1.37. The van der Waals surface area contributed by atoms with E-state index in [0.29, 0.717) is 18.5 Å². The number of benzene rings is 1. The zero-order chi connectivity index (χ0) is 15.8. The summed E-state index contributed by atoms with van der Waals surface area (Å²) >= 11 is 0. The fraction of sp³-hybridized carbons (Fsp3) is 0.611. The molecule has 138 valence electrons. The Bertz CT molecular complexity index is 451. The van der Waals surface area contributed by atoms with Gasteiger partial charge in [-0.15, -0.1) is 24.8 Å². The van der Waals surface area contributed by atoms with Crippen molar-refractivity contribution < 1.29 is 4.79 Å². The smallest absolute Gasteiger partial charge is 0.220 e. The molecule has 0 saturated carbocycles. The van der Waals surface area contributed by atoms with Gasteiger partial charge < -0.3 is 10.6 Å². The predicted molar refractivity (Wildman–Crippen MR) is 105 cm³/mol. The van der Waals surface area contributed by atoms with Crippen LogP contribution >= 0.6 is 24.8 Å². The Labute approximate surface area is 158 Å². The van der Waals surface area contributed by atoms with Gasteiger partial charge in [0.2, 0.25) is 5.91 Å². The summed E-state index contributed by atoms with van der Waals surface area (Å²) in [6, 6.07) is 11.5. The fourth-order valence-electron chi connectivity index (χ4n) is 3.10. The van der Waals surface area contributed by atoms with E-state index in [-0.39, 0.29) is 30.7 Å². The van der Waals surface area contributed by atoms with Crippen LogP contribution in [0, 0.1) is 0 Å². The van der Waals surface area contributed by atoms with E-state index < -0.39 is 0 Å². The van der Waals surface area contributed by atoms with E-state index in [2.05, 4.69) is 52.8 Å². The largest absolute Gasteiger partial charge is 0.353 e. The van der Waals surface area contributed by atoms with Gasteiger partial charge in [-0.2, -0.15) is 0 Å². The second kappa shape index (κ2) is 12.5. The van der Waals surface area contributed by atoms with Crippen molar-refractivity contribution >= 4 is 30.7 Å². The highest BCUT2D eigenvalue weighted by Gasteiger charge is 2.24. The maximum atomic E-state index is 11.9. The van der Waals surface area contributed by atoms with Crippen LogP contribution in [0.4, 0.5) is 0 Å². The highest BCUT2D eigenvalue weighted by Crippen LogP contribution is 2.23. The van der Waals surface area contributed by atoms with Crippen LogP contribution in [0.25, 0.3) is 0 Å². The number of rotatable bonds is 7. The van der Waals surface area contributed by atoms with Crippen LogP contribution in [0.5, 0.6) is 0 Å². The SMILES string of the molecule is CNCCCC(=O)NC1CCN(C(C)c2ccccc2)CC1.Cl.Cl. The molecule has 1 unspecified atom stereocenters. The van der Waals surface area contributed by atoms with E-state index in [1.54, 1.807) is 0 Å². The topological polar surface area (TPSA) is 44.4 Å². The summed E-state index contributed by atoms with van der Waals surface area (Å²) in [6.45, 7) is 5.28. The number of piperidine rings is 1. The minimum Gasteiger partial charge on any atom is -0.353 e. The lowest BCUT2D eigenvalue weighted by molar-refractivity contribution is -0.122. The summed E-state index contributed by atoms with van der Waals surface area (Å²) < 4.78 is 0. The van der Waals surface area contributed by atoms with Crippen LogP contribution in [0.2, 0.25) is 0 Å². The van der Waals surface area contributed by atoms with Crippen LogP contribution < -0.4 is 10.6 Å². The number of amides is 1. The molecule has 24 heavy (non-hydrogen) atoms. The molecule has 0 radical (unpaired) electrons. The van der Waals surface area contributed by atoms with E-state index in [4.69, 9.17) is 0 Å². The molecule has 1 atom stereocenters. The average molecular weight is 376 g/mol. The van der Waals surface area contributed by atoms with Crippen molar-refractivity contribution in [1.82, 2.24) is 15.5 Å². The molecule has 1 aliphatic heterocycles. The van der Waals surface area contributed by atoms with Crippen LogP contribution in [0.3, 0.4) is 0 Å². The molecule has 1 aromatic rings. The molecular formula is C18H31Cl2N3O. The first kappa shape index (κ1) is 23.2. The maximum absolute atomic E-state index is 11.9. The molecule has 2 rings (SSSR count). The Kier molecular flexibility index (Phi) is 12.1. The zero-order valence-electron chi connectivity index (χ0n) is 14.7. The Morgan fingerprint density at radius 2 is 1.83 bits per heavy atom. The highest BCUT2D eigenvalue weighted by molar-refractivity contribution is 5.85. The Morgan fingerprint density at radius 1 is 1.21 bits per heavy atom. The van der Waals surface area contributed by atoms with E-state index in [9.17, 15) is 4.79 Å². The summed E-state index contributed by atoms with van der Waals surface area (Å²) in [5, 5.41) is 6.26. The highest BCUT2D eigenvalue weighted by atomic mass is 35.5. The van der Waals surface area contributed by atoms with E-state index in [0.717, 1.165) is 38.9 Å². The fourth-order valence-corrected chi connectivity index (χ4v) is 3.10. The van der Waals surface area contributed by atoms with Gasteiger partial charge in [-0.25, -0.2) is 0 Å². The van der Waals surface area contributed by atoms with Crippen LogP contribution in [-0.2, 0) is 4.79 Å². The molecule has 1 saturated heterocycles. The van der Waals surface area contributed by atoms with Gasteiger partial charge in [0, 0.05) is 31.6 Å². The summed E-state index contributed by atoms with van der Waals surface area (Å²) in [4.78, 5) is 14.4. The van der Waals surface area contributed by atoms with Crippen molar-refractivity contribution in [2.75, 3.05) is 26.7 Å². The van der Waals surface area contributed by atoms with Gasteiger partial charge in [0.25, 0.3) is 0 Å². The normalized spacial score (nSPS) is 16.6. The minimum absolute atomic E-state index is 0. The van der Waals surface area contributed by atoms with Gasteiger partial charge >= 0.3 is 0 Å². The van der Waals surface area contributed by atoms with Gasteiger partial charge in [0.05, 0.1) is 0 Å². The second-order valence-corrected chi connectivity index (χ2v) is 6.17. The molecule has 1 heterocycles. The van der Waals surface area contributed by atoms with E-state index in [1.165, 1.54) is 5.56 Å². The molecular weight excluding hydrogens is 345 g/mol. The minimum atomic E-state index is 0. The Hall–Kier alpha value is -0.810. The molecule has 2 N–H and O–H groups in total. The van der Waals surface area contributed by atoms with Crippen LogP contribution in [-0.4, -0.2) is 43.5 Å². The molecule has 1 fully saturated rings. The number of halogens is 2. The lowest BCUT2D eigenvalue weighted by Gasteiger charge is -2.36. The third-order valence-corrected chi connectivity index (χ3v) is 4.55. The molecule has 1 aliphatic rings. The van der Waals surface area contributed by atoms with Crippen molar-refractivity contribution in [2.45, 2.75) is 44.7 Å². The number of carbonyl (C=O) groups is 1. The quantitative estimate of drug-likeness (QED) is 0.719. The number of carbonyl (C=O) groups excluding carboxylic acids is 1. The number of hydrogen-bond acceptors (Lipinski definition) is 3. The summed E-state index contributed by atoms with van der Waals surface area (Å²) in [7, 11) is 1.92. The Morgan fingerprint density at radius 3 is 2.42 bits per heavy atom. The first-order valence-corrected chi connectivity index (χ1v) is 8.43. The van der Waals surface area contributed by atoms with E-state index >= 15 is 0 Å². The molecule has 6 heteroatoms. The van der Waals surface area contributed by atoms with Crippen LogP contribution in [0.1, 0.15) is 44.2 Å². The van der Waals surface area contributed by atoms with Gasteiger partial charge in [0.1, 0.15) is 0 Å². The van der Waals surface area contributed by atoms with Crippen molar-refractivity contribution in [3.8, 4) is 0 Å². The molecule has 1 amide bonds. The number of nitrogens with one attached hydrogen (secondary N) is 2. The third-order valence-electron chi connectivity index (χ3n) is 4.55. The average Bonchev–Trinajstić information content (AvgIpc) is 2.56. The van der Waals surface area contributed by atoms with Gasteiger partial charge in [-0.1, -0.05) is 30.3 Å². The third kappa shape index (κ3) is 7.39. The summed E-state index contributed by atoms with van der Waals surface area (Å²) in [6.07, 6.45) is 3.64. The monoisotopic (exact) mass is 375 g/mol. The van der Waals surface area contributed by atoms with Crippen LogP contribution in [0.15, 0.2) is 30.3 Å². The molecule has 0 spiro atoms. The maximum Gasteiger partial charge on any atom is 0.220 e. The molecule has 1 aromatic carbocycles. The van der Waals surface area contributed by atoms with E-state index in [1.807, 2.05) is 7.05 Å². The van der Waals surface area contributed by atoms with Crippen molar-refractivity contribution in [2.24, 2.45) is 0 Å². The second-order valence-electron chi connectivity index (χ2n) is 6.17. The molecule has 0 aromatic heterocycles. The predicted octanol–water partition coefficient (Wildman–Crippen LogP) is 3.17. The lowest BCUT2D eigenvalue weighted by atomic mass is 10.00. The molecule has 4 nitrogen and oxygen atoms in total. The lowest BCUT2D eigenvalue weighted by Crippen LogP contribution is -2.45. The number of nitrogens with zero attached hydrogens (tertiary/aromatic N) is 1. The first-order valence-electron chi connectivity index (χ1n) is 8.43. The van der Waals surface area contributed by atoms with Crippen molar-refractivity contribution in [3.63, 3.8) is 0 Å². The van der Waals surface area contributed by atoms with Gasteiger partial charge in [-0.05, 0) is 45.3 Å². The van der Waals surface area contributed by atoms with Crippen molar-refractivity contribution in [3.05, 3.63) is 35.9 Å². The van der Waals surface area contributed by atoms with Gasteiger partial charge in [0.15, 0.2) is 0 Å². The number of likely N-dealkylation sites (tertiary alicyclic amines) is 1. The molecule has 0 aliphatic carbocycles.